The molecule has 0 saturated carbocycles. The molecular weight excluding hydrogens is 384 g/mol. The van der Waals surface area contributed by atoms with Gasteiger partial charge in [-0.1, -0.05) is 29.8 Å². The number of carbonyl (C=O) groups excluding carboxylic acids is 1. The number of halogens is 1. The minimum atomic E-state index is -0.287. The van der Waals surface area contributed by atoms with Gasteiger partial charge in [-0.3, -0.25) is 4.79 Å². The first-order valence-corrected chi connectivity index (χ1v) is 9.24. The van der Waals surface area contributed by atoms with E-state index in [1.54, 1.807) is 35.2 Å². The number of rotatable bonds is 4. The van der Waals surface area contributed by atoms with Gasteiger partial charge in [0.25, 0.3) is 5.91 Å². The van der Waals surface area contributed by atoms with Crippen molar-refractivity contribution in [3.8, 4) is 16.3 Å². The van der Waals surface area contributed by atoms with Crippen LogP contribution in [0.3, 0.4) is 0 Å². The number of thiazole rings is 1. The molecular formula is C18H13ClN6OS. The summed E-state index contributed by atoms with van der Waals surface area (Å²) in [6.07, 6.45) is 0. The molecule has 2 aromatic carbocycles. The third kappa shape index (κ3) is 3.71. The maximum absolute atomic E-state index is 12.6. The number of tetrazole rings is 1. The van der Waals surface area contributed by atoms with Crippen LogP contribution >= 0.6 is 22.9 Å². The van der Waals surface area contributed by atoms with E-state index in [9.17, 15) is 4.79 Å². The van der Waals surface area contributed by atoms with E-state index in [2.05, 4.69) is 25.8 Å². The fourth-order valence-corrected chi connectivity index (χ4v) is 3.50. The number of carbonyl (C=O) groups is 1. The molecule has 27 heavy (non-hydrogen) atoms. The first-order valence-electron chi connectivity index (χ1n) is 7.98. The van der Waals surface area contributed by atoms with E-state index >= 15 is 0 Å². The molecule has 2 aromatic heterocycles. The standard InChI is InChI=1S/C18H13ClN6OS/c1-11-22-23-24-25(11)15-7-3-6-14(9-15)20-17(26)16-10-27-18(21-16)12-4-2-5-13(19)8-12/h2-10H,1H3,(H,20,26). The number of nitrogens with zero attached hydrogens (tertiary/aromatic N) is 5. The van der Waals surface area contributed by atoms with Crippen molar-refractivity contribution in [1.29, 1.82) is 0 Å². The molecule has 0 unspecified atom stereocenters. The fourth-order valence-electron chi connectivity index (χ4n) is 2.51. The van der Waals surface area contributed by atoms with Gasteiger partial charge >= 0.3 is 0 Å². The highest BCUT2D eigenvalue weighted by molar-refractivity contribution is 7.13. The zero-order valence-corrected chi connectivity index (χ0v) is 15.7. The summed E-state index contributed by atoms with van der Waals surface area (Å²) < 4.78 is 1.59. The molecule has 9 heteroatoms. The monoisotopic (exact) mass is 396 g/mol. The molecule has 0 atom stereocenters. The summed E-state index contributed by atoms with van der Waals surface area (Å²) in [4.78, 5) is 17.0. The third-order valence-electron chi connectivity index (χ3n) is 3.78. The molecule has 0 aliphatic rings. The molecule has 1 amide bonds. The zero-order valence-electron chi connectivity index (χ0n) is 14.1. The average Bonchev–Trinajstić information content (AvgIpc) is 3.31. The lowest BCUT2D eigenvalue weighted by Crippen LogP contribution is -2.12. The lowest BCUT2D eigenvalue weighted by atomic mass is 10.2. The molecule has 1 N–H and O–H groups in total. The summed E-state index contributed by atoms with van der Waals surface area (Å²) in [5.41, 5.74) is 2.61. The Kier molecular flexibility index (Phi) is 4.66. The topological polar surface area (TPSA) is 85.6 Å². The van der Waals surface area contributed by atoms with Gasteiger partial charge in [0.15, 0.2) is 5.82 Å². The molecule has 7 nitrogen and oxygen atoms in total. The van der Waals surface area contributed by atoms with Gasteiger partial charge in [-0.25, -0.2) is 4.98 Å². The van der Waals surface area contributed by atoms with Gasteiger partial charge in [-0.15, -0.1) is 16.4 Å². The van der Waals surface area contributed by atoms with Gasteiger partial charge < -0.3 is 5.32 Å². The molecule has 0 spiro atoms. The molecule has 0 aliphatic carbocycles. The average molecular weight is 397 g/mol. The molecule has 134 valence electrons. The Hall–Kier alpha value is -3.10. The number of amides is 1. The predicted molar refractivity (Wildman–Crippen MR) is 104 cm³/mol. The molecule has 0 radical (unpaired) electrons. The van der Waals surface area contributed by atoms with Crippen LogP contribution in [0.15, 0.2) is 53.9 Å². The summed E-state index contributed by atoms with van der Waals surface area (Å²) >= 11 is 7.41. The second kappa shape index (κ2) is 7.26. The van der Waals surface area contributed by atoms with E-state index in [1.807, 2.05) is 30.3 Å². The predicted octanol–water partition coefficient (Wildman–Crippen LogP) is 4.00. The van der Waals surface area contributed by atoms with Crippen molar-refractivity contribution in [3.63, 3.8) is 0 Å². The summed E-state index contributed by atoms with van der Waals surface area (Å²) in [5.74, 6) is 0.370. The second-order valence-corrected chi connectivity index (χ2v) is 6.99. The SMILES string of the molecule is Cc1nnnn1-c1cccc(NC(=O)c2csc(-c3cccc(Cl)c3)n2)c1. The van der Waals surface area contributed by atoms with Gasteiger partial charge in [0.05, 0.1) is 5.69 Å². The normalized spacial score (nSPS) is 10.7. The Labute approximate surface area is 163 Å². The van der Waals surface area contributed by atoms with Crippen LogP contribution in [-0.4, -0.2) is 31.1 Å². The van der Waals surface area contributed by atoms with Crippen molar-refractivity contribution >= 4 is 34.5 Å². The van der Waals surface area contributed by atoms with Crippen molar-refractivity contribution in [2.45, 2.75) is 6.92 Å². The Balaban J connectivity index is 1.54. The summed E-state index contributed by atoms with van der Waals surface area (Å²) in [5, 5.41) is 17.4. The summed E-state index contributed by atoms with van der Waals surface area (Å²) in [7, 11) is 0. The number of nitrogens with one attached hydrogen (secondary N) is 1. The van der Waals surface area contributed by atoms with E-state index in [0.29, 0.717) is 22.2 Å². The lowest BCUT2D eigenvalue weighted by Gasteiger charge is -2.06. The second-order valence-electron chi connectivity index (χ2n) is 5.69. The Morgan fingerprint density at radius 2 is 2.04 bits per heavy atom. The molecule has 0 fully saturated rings. The van der Waals surface area contributed by atoms with E-state index < -0.39 is 0 Å². The first-order chi connectivity index (χ1) is 13.1. The summed E-state index contributed by atoms with van der Waals surface area (Å²) in [6.45, 7) is 1.80. The van der Waals surface area contributed by atoms with E-state index in [-0.39, 0.29) is 5.91 Å². The Morgan fingerprint density at radius 1 is 1.19 bits per heavy atom. The summed E-state index contributed by atoms with van der Waals surface area (Å²) in [6, 6.07) is 14.7. The minimum absolute atomic E-state index is 0.287. The van der Waals surface area contributed by atoms with Crippen LogP contribution in [0.1, 0.15) is 16.3 Å². The number of aromatic nitrogens is 5. The van der Waals surface area contributed by atoms with Gasteiger partial charge in [-0.05, 0) is 47.7 Å². The number of aryl methyl sites for hydroxylation is 1. The molecule has 0 saturated heterocycles. The van der Waals surface area contributed by atoms with Crippen LogP contribution in [0.25, 0.3) is 16.3 Å². The van der Waals surface area contributed by atoms with Gasteiger partial charge in [0.2, 0.25) is 0 Å². The molecule has 4 rings (SSSR count). The van der Waals surface area contributed by atoms with Crippen LogP contribution in [0, 0.1) is 6.92 Å². The molecule has 4 aromatic rings. The van der Waals surface area contributed by atoms with Gasteiger partial charge in [0.1, 0.15) is 10.7 Å². The van der Waals surface area contributed by atoms with Crippen LogP contribution in [0.5, 0.6) is 0 Å². The van der Waals surface area contributed by atoms with E-state index in [0.717, 1.165) is 16.3 Å². The Morgan fingerprint density at radius 3 is 2.81 bits per heavy atom. The smallest absolute Gasteiger partial charge is 0.275 e. The largest absolute Gasteiger partial charge is 0.321 e. The maximum Gasteiger partial charge on any atom is 0.275 e. The van der Waals surface area contributed by atoms with Gasteiger partial charge in [-0.2, -0.15) is 4.68 Å². The minimum Gasteiger partial charge on any atom is -0.321 e. The zero-order chi connectivity index (χ0) is 18.8. The van der Waals surface area contributed by atoms with Crippen molar-refractivity contribution in [1.82, 2.24) is 25.2 Å². The highest BCUT2D eigenvalue weighted by Crippen LogP contribution is 2.26. The number of hydrogen-bond donors (Lipinski definition) is 1. The number of benzene rings is 2. The van der Waals surface area contributed by atoms with Crippen LogP contribution in [0.2, 0.25) is 5.02 Å². The van der Waals surface area contributed by atoms with Crippen molar-refractivity contribution in [3.05, 3.63) is 70.5 Å². The fraction of sp³-hybridized carbons (Fsp3) is 0.0556. The van der Waals surface area contributed by atoms with Crippen molar-refractivity contribution in [2.75, 3.05) is 5.32 Å². The molecule has 0 aliphatic heterocycles. The molecule has 0 bridgehead atoms. The van der Waals surface area contributed by atoms with Crippen molar-refractivity contribution < 1.29 is 4.79 Å². The van der Waals surface area contributed by atoms with Gasteiger partial charge in [0, 0.05) is 21.7 Å². The lowest BCUT2D eigenvalue weighted by molar-refractivity contribution is 0.102. The van der Waals surface area contributed by atoms with E-state index in [1.165, 1.54) is 11.3 Å². The number of anilines is 1. The van der Waals surface area contributed by atoms with Crippen LogP contribution in [-0.2, 0) is 0 Å². The van der Waals surface area contributed by atoms with Crippen LogP contribution in [0.4, 0.5) is 5.69 Å². The number of hydrogen-bond acceptors (Lipinski definition) is 6. The van der Waals surface area contributed by atoms with Crippen molar-refractivity contribution in [2.24, 2.45) is 0 Å². The first kappa shape index (κ1) is 17.3. The Bertz CT molecular complexity index is 1120. The highest BCUT2D eigenvalue weighted by atomic mass is 35.5. The highest BCUT2D eigenvalue weighted by Gasteiger charge is 2.13. The maximum atomic E-state index is 12.6. The molecule has 2 heterocycles. The third-order valence-corrected chi connectivity index (χ3v) is 4.91. The quantitative estimate of drug-likeness (QED) is 0.563. The van der Waals surface area contributed by atoms with Crippen LogP contribution < -0.4 is 5.32 Å². The van der Waals surface area contributed by atoms with E-state index in [4.69, 9.17) is 11.6 Å².